The number of hydrogen-bond acceptors (Lipinski definition) is 5. The molecule has 3 rings (SSSR count). The molecule has 0 aliphatic carbocycles. The van der Waals surface area contributed by atoms with Gasteiger partial charge in [-0.1, -0.05) is 31.7 Å². The molecule has 1 N–H and O–H groups in total. The lowest BCUT2D eigenvalue weighted by Gasteiger charge is -2.12. The molecule has 0 spiro atoms. The van der Waals surface area contributed by atoms with E-state index in [0.29, 0.717) is 18.0 Å². The van der Waals surface area contributed by atoms with Crippen molar-refractivity contribution in [2.45, 2.75) is 25.6 Å². The van der Waals surface area contributed by atoms with E-state index >= 15 is 0 Å². The van der Waals surface area contributed by atoms with E-state index in [2.05, 4.69) is 30.2 Å². The van der Waals surface area contributed by atoms with Gasteiger partial charge in [0, 0.05) is 11.8 Å². The van der Waals surface area contributed by atoms with Crippen LogP contribution in [0.25, 0.3) is 0 Å². The molecule has 0 saturated carbocycles. The van der Waals surface area contributed by atoms with Crippen molar-refractivity contribution in [2.24, 2.45) is 10.9 Å². The number of fused-ring (bicyclic) bond motifs is 1. The van der Waals surface area contributed by atoms with Crippen LogP contribution >= 0.6 is 11.8 Å². The van der Waals surface area contributed by atoms with E-state index in [1.54, 1.807) is 0 Å². The Labute approximate surface area is 117 Å². The zero-order chi connectivity index (χ0) is 13.2. The fourth-order valence-electron chi connectivity index (χ4n) is 2.06. The Morgan fingerprint density at radius 1 is 1.37 bits per heavy atom. The number of thioether (sulfide) groups is 1. The number of rotatable bonds is 3. The van der Waals surface area contributed by atoms with E-state index in [1.165, 1.54) is 5.56 Å². The predicted molar refractivity (Wildman–Crippen MR) is 77.9 cm³/mol. The third-order valence-electron chi connectivity index (χ3n) is 3.30. The Morgan fingerprint density at radius 2 is 2.21 bits per heavy atom. The molecule has 2 heterocycles. The van der Waals surface area contributed by atoms with E-state index < -0.39 is 0 Å². The average molecular weight is 278 g/mol. The van der Waals surface area contributed by atoms with Crippen molar-refractivity contribution in [1.82, 2.24) is 5.32 Å². The highest BCUT2D eigenvalue weighted by molar-refractivity contribution is 8.14. The zero-order valence-electron chi connectivity index (χ0n) is 11.2. The van der Waals surface area contributed by atoms with E-state index in [1.807, 2.05) is 23.9 Å². The molecule has 0 saturated heterocycles. The standard InChI is InChI=1S/C14H18N2O2S/c1-9(2)13-7-16-14(19-13)15-6-10-3-4-11-12(5-10)18-8-17-11/h3-5,9,13H,6-8H2,1-2H3,(H,15,16). The average Bonchev–Trinajstić information content (AvgIpc) is 3.04. The second kappa shape index (κ2) is 5.33. The normalized spacial score (nSPS) is 20.8. The summed E-state index contributed by atoms with van der Waals surface area (Å²) in [5.74, 6) is 2.33. The Bertz CT molecular complexity index is 502. The van der Waals surface area contributed by atoms with Crippen molar-refractivity contribution in [2.75, 3.05) is 13.3 Å². The molecule has 19 heavy (non-hydrogen) atoms. The smallest absolute Gasteiger partial charge is 0.231 e. The summed E-state index contributed by atoms with van der Waals surface area (Å²) in [6, 6.07) is 6.04. The van der Waals surface area contributed by atoms with Crippen molar-refractivity contribution in [1.29, 1.82) is 0 Å². The van der Waals surface area contributed by atoms with Gasteiger partial charge in [0.1, 0.15) is 0 Å². The third kappa shape index (κ3) is 2.81. The monoisotopic (exact) mass is 278 g/mol. The molecule has 1 aromatic rings. The molecule has 2 aliphatic rings. The molecule has 1 aromatic carbocycles. The topological polar surface area (TPSA) is 42.9 Å². The number of benzene rings is 1. The SMILES string of the molecule is CC(C)C1CN=C(NCc2ccc3c(c2)OCO3)S1. The van der Waals surface area contributed by atoms with Crippen LogP contribution in [-0.2, 0) is 6.54 Å². The van der Waals surface area contributed by atoms with Crippen LogP contribution in [-0.4, -0.2) is 23.8 Å². The molecule has 0 bridgehead atoms. The van der Waals surface area contributed by atoms with Crippen LogP contribution in [0.15, 0.2) is 23.2 Å². The molecule has 5 heteroatoms. The fraction of sp³-hybridized carbons (Fsp3) is 0.500. The first-order valence-electron chi connectivity index (χ1n) is 6.56. The minimum absolute atomic E-state index is 0.324. The van der Waals surface area contributed by atoms with Gasteiger partial charge in [0.15, 0.2) is 16.7 Å². The van der Waals surface area contributed by atoms with Gasteiger partial charge in [-0.15, -0.1) is 0 Å². The van der Waals surface area contributed by atoms with Gasteiger partial charge in [-0.05, 0) is 23.6 Å². The Balaban J connectivity index is 1.56. The molecule has 0 fully saturated rings. The lowest BCUT2D eigenvalue weighted by molar-refractivity contribution is 0.174. The fourth-order valence-corrected chi connectivity index (χ4v) is 3.08. The number of hydrogen-bond donors (Lipinski definition) is 1. The summed E-state index contributed by atoms with van der Waals surface area (Å²) >= 11 is 1.85. The highest BCUT2D eigenvalue weighted by Crippen LogP contribution is 2.32. The number of nitrogens with zero attached hydrogens (tertiary/aromatic N) is 1. The quantitative estimate of drug-likeness (QED) is 0.923. The number of nitrogens with one attached hydrogen (secondary N) is 1. The van der Waals surface area contributed by atoms with Gasteiger partial charge >= 0.3 is 0 Å². The number of amidine groups is 1. The van der Waals surface area contributed by atoms with Gasteiger partial charge in [-0.2, -0.15) is 0 Å². The van der Waals surface area contributed by atoms with Crippen molar-refractivity contribution < 1.29 is 9.47 Å². The van der Waals surface area contributed by atoms with Crippen molar-refractivity contribution in [3.05, 3.63) is 23.8 Å². The summed E-state index contributed by atoms with van der Waals surface area (Å²) in [5.41, 5.74) is 1.18. The van der Waals surface area contributed by atoms with Crippen molar-refractivity contribution >= 4 is 16.9 Å². The van der Waals surface area contributed by atoms with E-state index in [4.69, 9.17) is 9.47 Å². The second-order valence-corrected chi connectivity index (χ2v) is 6.32. The maximum atomic E-state index is 5.37. The summed E-state index contributed by atoms with van der Waals surface area (Å²) in [7, 11) is 0. The Morgan fingerprint density at radius 3 is 3.00 bits per heavy atom. The number of ether oxygens (including phenoxy) is 2. The first kappa shape index (κ1) is 12.7. The summed E-state index contributed by atoms with van der Waals surface area (Å²) < 4.78 is 10.7. The van der Waals surface area contributed by atoms with Gasteiger partial charge in [-0.25, -0.2) is 0 Å². The van der Waals surface area contributed by atoms with Crippen LogP contribution in [0.2, 0.25) is 0 Å². The van der Waals surface area contributed by atoms with Crippen molar-refractivity contribution in [3.8, 4) is 11.5 Å². The third-order valence-corrected chi connectivity index (χ3v) is 4.79. The predicted octanol–water partition coefficient (Wildman–Crippen LogP) is 2.63. The minimum Gasteiger partial charge on any atom is -0.454 e. The van der Waals surface area contributed by atoms with Gasteiger partial charge in [0.05, 0.1) is 6.54 Å². The summed E-state index contributed by atoms with van der Waals surface area (Å²) in [5, 5.41) is 5.05. The van der Waals surface area contributed by atoms with E-state index in [9.17, 15) is 0 Å². The second-order valence-electron chi connectivity index (χ2n) is 5.09. The molecular weight excluding hydrogens is 260 g/mol. The molecule has 0 aromatic heterocycles. The van der Waals surface area contributed by atoms with Crippen LogP contribution in [0.5, 0.6) is 11.5 Å². The maximum absolute atomic E-state index is 5.37. The number of aliphatic imine (C=N–C) groups is 1. The highest BCUT2D eigenvalue weighted by Gasteiger charge is 2.22. The largest absolute Gasteiger partial charge is 0.454 e. The van der Waals surface area contributed by atoms with Gasteiger partial charge in [0.2, 0.25) is 6.79 Å². The zero-order valence-corrected chi connectivity index (χ0v) is 12.0. The first-order valence-corrected chi connectivity index (χ1v) is 7.44. The lowest BCUT2D eigenvalue weighted by Crippen LogP contribution is -2.19. The summed E-state index contributed by atoms with van der Waals surface area (Å²) in [6.45, 7) is 6.51. The minimum atomic E-state index is 0.324. The van der Waals surface area contributed by atoms with Crippen LogP contribution in [0.3, 0.4) is 0 Å². The molecule has 1 unspecified atom stereocenters. The van der Waals surface area contributed by atoms with E-state index in [0.717, 1.165) is 29.8 Å². The Kier molecular flexibility index (Phi) is 3.55. The van der Waals surface area contributed by atoms with Crippen LogP contribution < -0.4 is 14.8 Å². The molecule has 1 atom stereocenters. The van der Waals surface area contributed by atoms with Crippen LogP contribution in [0.1, 0.15) is 19.4 Å². The van der Waals surface area contributed by atoms with Crippen LogP contribution in [0.4, 0.5) is 0 Å². The first-order chi connectivity index (χ1) is 9.22. The van der Waals surface area contributed by atoms with Gasteiger partial charge < -0.3 is 14.8 Å². The lowest BCUT2D eigenvalue weighted by atomic mass is 10.1. The van der Waals surface area contributed by atoms with Gasteiger partial charge in [-0.3, -0.25) is 4.99 Å². The van der Waals surface area contributed by atoms with Crippen molar-refractivity contribution in [3.63, 3.8) is 0 Å². The van der Waals surface area contributed by atoms with Gasteiger partial charge in [0.25, 0.3) is 0 Å². The molecule has 4 nitrogen and oxygen atoms in total. The molecule has 2 aliphatic heterocycles. The Hall–Kier alpha value is -1.36. The van der Waals surface area contributed by atoms with Crippen LogP contribution in [0, 0.1) is 5.92 Å². The summed E-state index contributed by atoms with van der Waals surface area (Å²) in [4.78, 5) is 4.54. The molecule has 102 valence electrons. The highest BCUT2D eigenvalue weighted by atomic mass is 32.2. The van der Waals surface area contributed by atoms with E-state index in [-0.39, 0.29) is 0 Å². The maximum Gasteiger partial charge on any atom is 0.231 e. The summed E-state index contributed by atoms with van der Waals surface area (Å²) in [6.07, 6.45) is 0. The molecule has 0 amide bonds. The molecule has 0 radical (unpaired) electrons. The molecular formula is C14H18N2O2S.